The van der Waals surface area contributed by atoms with Crippen molar-refractivity contribution in [2.24, 2.45) is 4.99 Å². The van der Waals surface area contributed by atoms with Crippen molar-refractivity contribution in [3.05, 3.63) is 23.9 Å². The van der Waals surface area contributed by atoms with Gasteiger partial charge in [0, 0.05) is 6.20 Å². The summed E-state index contributed by atoms with van der Waals surface area (Å²) >= 11 is 0. The maximum atomic E-state index is 10.9. The van der Waals surface area contributed by atoms with Crippen LogP contribution in [0.1, 0.15) is 10.4 Å². The number of nitrogens with zero attached hydrogens (tertiary/aromatic N) is 2. The molecule has 4 nitrogen and oxygen atoms in total. The first-order valence-corrected chi connectivity index (χ1v) is 2.97. The zero-order chi connectivity index (χ0) is 8.27. The molecule has 2 N–H and O–H groups in total. The second kappa shape index (κ2) is 2.92. The van der Waals surface area contributed by atoms with Crippen molar-refractivity contribution in [1.29, 1.82) is 0 Å². The van der Waals surface area contributed by atoms with Crippen LogP contribution in [0.3, 0.4) is 0 Å². The van der Waals surface area contributed by atoms with E-state index in [4.69, 9.17) is 5.73 Å². The summed E-state index contributed by atoms with van der Waals surface area (Å²) in [6.45, 7) is 3.10. The minimum Gasteiger partial charge on any atom is -0.383 e. The molecular weight excluding hydrogens is 142 g/mol. The van der Waals surface area contributed by atoms with E-state index in [1.165, 1.54) is 6.20 Å². The smallest absolute Gasteiger partial charge is 0.280 e. The standard InChI is InChI=1S/C7H7N3O/c1-9-7(11)5-3-2-4-10-6(5)8/h2-4H,1H2,(H2,8,10). The third kappa shape index (κ3) is 1.40. The van der Waals surface area contributed by atoms with E-state index in [1.54, 1.807) is 12.1 Å². The lowest BCUT2D eigenvalue weighted by Gasteiger charge is -1.96. The Balaban J connectivity index is 3.13. The molecule has 56 valence electrons. The van der Waals surface area contributed by atoms with Crippen molar-refractivity contribution in [3.63, 3.8) is 0 Å². The molecule has 0 aromatic carbocycles. The predicted octanol–water partition coefficient (Wildman–Crippen LogP) is 0.505. The maximum absolute atomic E-state index is 10.9. The number of amides is 1. The summed E-state index contributed by atoms with van der Waals surface area (Å²) < 4.78 is 0. The first kappa shape index (κ1) is 7.40. The molecule has 11 heavy (non-hydrogen) atoms. The summed E-state index contributed by atoms with van der Waals surface area (Å²) in [5.74, 6) is -0.263. The molecule has 0 saturated heterocycles. The van der Waals surface area contributed by atoms with Crippen LogP contribution in [0.4, 0.5) is 5.82 Å². The van der Waals surface area contributed by atoms with E-state index >= 15 is 0 Å². The highest BCUT2D eigenvalue weighted by molar-refractivity contribution is 6.00. The van der Waals surface area contributed by atoms with Gasteiger partial charge >= 0.3 is 0 Å². The SMILES string of the molecule is C=NC(=O)c1cccnc1N. The van der Waals surface area contributed by atoms with Crippen molar-refractivity contribution in [2.45, 2.75) is 0 Å². The van der Waals surface area contributed by atoms with Gasteiger partial charge < -0.3 is 5.73 Å². The Morgan fingerprint density at radius 1 is 1.73 bits per heavy atom. The fraction of sp³-hybridized carbons (Fsp3) is 0. The molecule has 0 saturated carbocycles. The molecule has 0 aliphatic heterocycles. The Bertz CT molecular complexity index is 295. The number of hydrogen-bond donors (Lipinski definition) is 1. The van der Waals surface area contributed by atoms with Gasteiger partial charge in [-0.25, -0.2) is 9.98 Å². The highest BCUT2D eigenvalue weighted by Gasteiger charge is 2.05. The number of hydrogen-bond acceptors (Lipinski definition) is 3. The van der Waals surface area contributed by atoms with Crippen LogP contribution in [0.5, 0.6) is 0 Å². The fourth-order valence-electron chi connectivity index (χ4n) is 0.684. The first-order valence-electron chi connectivity index (χ1n) is 2.97. The zero-order valence-electron chi connectivity index (χ0n) is 5.82. The van der Waals surface area contributed by atoms with Gasteiger partial charge in [0.05, 0.1) is 5.56 Å². The molecule has 1 aromatic heterocycles. The molecule has 1 rings (SSSR count). The zero-order valence-corrected chi connectivity index (χ0v) is 5.82. The van der Waals surface area contributed by atoms with E-state index in [0.29, 0.717) is 5.56 Å². The van der Waals surface area contributed by atoms with E-state index in [-0.39, 0.29) is 5.82 Å². The lowest BCUT2D eigenvalue weighted by Crippen LogP contribution is -2.01. The van der Waals surface area contributed by atoms with Crippen LogP contribution in [0.2, 0.25) is 0 Å². The van der Waals surface area contributed by atoms with Crippen LogP contribution in [-0.4, -0.2) is 17.6 Å². The Labute approximate surface area is 63.8 Å². The summed E-state index contributed by atoms with van der Waals surface area (Å²) in [5, 5.41) is 0. The molecule has 0 unspecified atom stereocenters. The Morgan fingerprint density at radius 2 is 2.45 bits per heavy atom. The van der Waals surface area contributed by atoms with E-state index in [1.807, 2.05) is 0 Å². The lowest BCUT2D eigenvalue weighted by molar-refractivity contribution is 0.100. The van der Waals surface area contributed by atoms with Crippen LogP contribution in [0.15, 0.2) is 23.3 Å². The number of pyridine rings is 1. The van der Waals surface area contributed by atoms with Gasteiger partial charge in [0.1, 0.15) is 5.82 Å². The maximum Gasteiger partial charge on any atom is 0.280 e. The molecule has 1 amide bonds. The molecule has 0 spiro atoms. The average molecular weight is 149 g/mol. The lowest BCUT2D eigenvalue weighted by atomic mass is 10.2. The largest absolute Gasteiger partial charge is 0.383 e. The number of nitrogen functional groups attached to an aromatic ring is 1. The van der Waals surface area contributed by atoms with Crippen LogP contribution < -0.4 is 5.73 Å². The molecule has 0 radical (unpaired) electrons. The van der Waals surface area contributed by atoms with E-state index in [2.05, 4.69) is 16.7 Å². The van der Waals surface area contributed by atoms with Crippen LogP contribution in [0, 0.1) is 0 Å². The summed E-state index contributed by atoms with van der Waals surface area (Å²) in [7, 11) is 0. The molecule has 0 aliphatic rings. The van der Waals surface area contributed by atoms with Crippen molar-refractivity contribution < 1.29 is 4.79 Å². The molecule has 0 bridgehead atoms. The summed E-state index contributed by atoms with van der Waals surface area (Å²) in [6, 6.07) is 3.17. The Morgan fingerprint density at radius 3 is 3.00 bits per heavy atom. The molecule has 4 heteroatoms. The number of carbonyl (C=O) groups excluding carboxylic acids is 1. The van der Waals surface area contributed by atoms with Gasteiger partial charge in [-0.3, -0.25) is 4.79 Å². The molecule has 0 fully saturated rings. The van der Waals surface area contributed by atoms with E-state index in [0.717, 1.165) is 0 Å². The Hall–Kier alpha value is -1.71. The third-order valence-corrected chi connectivity index (χ3v) is 1.21. The van der Waals surface area contributed by atoms with Gasteiger partial charge in [-0.2, -0.15) is 0 Å². The third-order valence-electron chi connectivity index (χ3n) is 1.21. The number of nitrogens with two attached hydrogens (primary N) is 1. The molecule has 1 aromatic rings. The van der Waals surface area contributed by atoms with Crippen LogP contribution in [-0.2, 0) is 0 Å². The molecule has 1 heterocycles. The highest BCUT2D eigenvalue weighted by atomic mass is 16.1. The number of anilines is 1. The molecule has 0 aliphatic carbocycles. The molecule has 0 atom stereocenters. The van der Waals surface area contributed by atoms with Gasteiger partial charge in [0.15, 0.2) is 0 Å². The van der Waals surface area contributed by atoms with E-state index < -0.39 is 5.91 Å². The van der Waals surface area contributed by atoms with Crippen molar-refractivity contribution >= 4 is 18.4 Å². The summed E-state index contributed by atoms with van der Waals surface area (Å²) in [4.78, 5) is 17.8. The van der Waals surface area contributed by atoms with Gasteiger partial charge in [-0.15, -0.1) is 0 Å². The molecular formula is C7H7N3O. The fourth-order valence-corrected chi connectivity index (χ4v) is 0.684. The average Bonchev–Trinajstić information content (AvgIpc) is 2.04. The quantitative estimate of drug-likeness (QED) is 0.591. The predicted molar refractivity (Wildman–Crippen MR) is 42.5 cm³/mol. The topological polar surface area (TPSA) is 68.3 Å². The minimum atomic E-state index is -0.449. The summed E-state index contributed by atoms with van der Waals surface area (Å²) in [6.07, 6.45) is 1.51. The van der Waals surface area contributed by atoms with E-state index in [9.17, 15) is 4.79 Å². The second-order valence-corrected chi connectivity index (χ2v) is 1.90. The van der Waals surface area contributed by atoms with Gasteiger partial charge in [-0.05, 0) is 18.9 Å². The van der Waals surface area contributed by atoms with Gasteiger partial charge in [-0.1, -0.05) is 0 Å². The van der Waals surface area contributed by atoms with Crippen molar-refractivity contribution in [1.82, 2.24) is 4.98 Å². The monoisotopic (exact) mass is 149 g/mol. The van der Waals surface area contributed by atoms with Crippen LogP contribution >= 0.6 is 0 Å². The summed E-state index contributed by atoms with van der Waals surface area (Å²) in [5.41, 5.74) is 5.67. The van der Waals surface area contributed by atoms with Crippen LogP contribution in [0.25, 0.3) is 0 Å². The number of carbonyl (C=O) groups is 1. The van der Waals surface area contributed by atoms with Gasteiger partial charge in [0.2, 0.25) is 0 Å². The first-order chi connectivity index (χ1) is 5.25. The highest BCUT2D eigenvalue weighted by Crippen LogP contribution is 2.07. The van der Waals surface area contributed by atoms with Crippen molar-refractivity contribution in [2.75, 3.05) is 5.73 Å². The number of aliphatic imine (C=N–C) groups is 1. The van der Waals surface area contributed by atoms with Gasteiger partial charge in [0.25, 0.3) is 5.91 Å². The number of rotatable bonds is 1. The Kier molecular flexibility index (Phi) is 1.96. The number of aromatic nitrogens is 1. The second-order valence-electron chi connectivity index (χ2n) is 1.90. The normalized spacial score (nSPS) is 9.09. The minimum absolute atomic E-state index is 0.185. The van der Waals surface area contributed by atoms with Crippen molar-refractivity contribution in [3.8, 4) is 0 Å².